The van der Waals surface area contributed by atoms with Crippen LogP contribution in [0.2, 0.25) is 19.6 Å². The number of aromatic nitrogens is 2. The van der Waals surface area contributed by atoms with E-state index >= 15 is 0 Å². The van der Waals surface area contributed by atoms with Crippen molar-refractivity contribution in [2.75, 3.05) is 0 Å². The minimum absolute atomic E-state index is 0. The molecule has 0 unspecified atom stereocenters. The normalized spacial score (nSPS) is 11.9. The van der Waals surface area contributed by atoms with Crippen molar-refractivity contribution in [1.29, 1.82) is 0 Å². The maximum absolute atomic E-state index is 8.40. The summed E-state index contributed by atoms with van der Waals surface area (Å²) in [5, 5.41) is 3.90. The molecule has 0 atom stereocenters. The Kier molecular flexibility index (Phi) is 10.5. The number of rotatable bonds is 5. The van der Waals surface area contributed by atoms with Crippen LogP contribution in [-0.2, 0) is 20.1 Å². The monoisotopic (exact) mass is 840 g/mol. The van der Waals surface area contributed by atoms with Crippen LogP contribution < -0.4 is 5.19 Å². The van der Waals surface area contributed by atoms with Crippen LogP contribution in [0.25, 0.3) is 53.8 Å². The Hall–Kier alpha value is -3.73. The average Bonchev–Trinajstić information content (AvgIpc) is 3.42. The van der Waals surface area contributed by atoms with Gasteiger partial charge >= 0.3 is 0 Å². The van der Waals surface area contributed by atoms with Crippen LogP contribution >= 0.6 is 11.3 Å². The van der Waals surface area contributed by atoms with E-state index in [9.17, 15) is 0 Å². The third kappa shape index (κ3) is 7.61. The van der Waals surface area contributed by atoms with Gasteiger partial charge in [-0.05, 0) is 87.7 Å². The van der Waals surface area contributed by atoms with Gasteiger partial charge in [0.05, 0.1) is 8.07 Å². The van der Waals surface area contributed by atoms with Gasteiger partial charge in [-0.3, -0.25) is 0 Å². The Bertz CT molecular complexity index is 2210. The van der Waals surface area contributed by atoms with Crippen LogP contribution in [0.4, 0.5) is 0 Å². The van der Waals surface area contributed by atoms with E-state index in [4.69, 9.17) is 1.37 Å². The number of benzene rings is 4. The second-order valence-electron chi connectivity index (χ2n) is 13.6. The van der Waals surface area contributed by atoms with E-state index in [1.807, 2.05) is 68.7 Å². The van der Waals surface area contributed by atoms with Crippen molar-refractivity contribution < 1.29 is 21.5 Å². The minimum Gasteiger partial charge on any atom is -0.305 e. The maximum Gasteiger partial charge on any atom is 0.0795 e. The SMILES string of the molecule is C[Si](C)(C)c1ccc(-c2[c-]cccc2)nc1.[2H]C(C)(C)c1ccnc(-c2[c-]ccc3c2sc2cc(-c4c(C)cc(C)cc4C)ccc23)c1.[Ir]. The van der Waals surface area contributed by atoms with E-state index in [0.29, 0.717) is 0 Å². The van der Waals surface area contributed by atoms with Crippen molar-refractivity contribution >= 4 is 44.8 Å². The predicted molar refractivity (Wildman–Crippen MR) is 207 cm³/mol. The largest absolute Gasteiger partial charge is 0.305 e. The van der Waals surface area contributed by atoms with Crippen LogP contribution in [-0.4, -0.2) is 18.0 Å². The Morgan fingerprint density at radius 3 is 2.19 bits per heavy atom. The Balaban J connectivity index is 0.000000233. The molecule has 245 valence electrons. The second-order valence-corrected chi connectivity index (χ2v) is 19.7. The fraction of sp³-hybridized carbons (Fsp3) is 0.209. The first kappa shape index (κ1) is 34.1. The molecule has 0 aliphatic carbocycles. The molecule has 7 aromatic rings. The molecule has 5 heteroatoms. The van der Waals surface area contributed by atoms with Crippen molar-refractivity contribution in [3.8, 4) is 33.6 Å². The van der Waals surface area contributed by atoms with E-state index in [2.05, 4.69) is 111 Å². The number of hydrogen-bond acceptors (Lipinski definition) is 3. The van der Waals surface area contributed by atoms with Gasteiger partial charge in [0.2, 0.25) is 0 Å². The van der Waals surface area contributed by atoms with Crippen LogP contribution in [0.5, 0.6) is 0 Å². The maximum atomic E-state index is 8.40. The van der Waals surface area contributed by atoms with E-state index in [1.165, 1.54) is 53.2 Å². The zero-order valence-corrected chi connectivity index (χ0v) is 33.2. The molecule has 0 saturated heterocycles. The van der Waals surface area contributed by atoms with Gasteiger partial charge in [-0.25, -0.2) is 0 Å². The van der Waals surface area contributed by atoms with Crippen molar-refractivity contribution in [2.45, 2.75) is 60.2 Å². The molecule has 0 amide bonds. The molecule has 0 spiro atoms. The van der Waals surface area contributed by atoms with E-state index < -0.39 is 14.0 Å². The molecule has 7 rings (SSSR count). The summed E-state index contributed by atoms with van der Waals surface area (Å²) in [5.74, 6) is -0.662. The number of nitrogens with zero attached hydrogens (tertiary/aromatic N) is 2. The van der Waals surface area contributed by atoms with Crippen molar-refractivity contribution in [3.63, 3.8) is 0 Å². The molecule has 3 aromatic heterocycles. The quantitative estimate of drug-likeness (QED) is 0.127. The fourth-order valence-corrected chi connectivity index (χ4v) is 8.43. The molecule has 3 heterocycles. The molecule has 48 heavy (non-hydrogen) atoms. The average molecular weight is 840 g/mol. The smallest absolute Gasteiger partial charge is 0.0795 e. The summed E-state index contributed by atoms with van der Waals surface area (Å²) >= 11 is 1.80. The number of hydrogen-bond donors (Lipinski definition) is 0. The number of pyridine rings is 2. The van der Waals surface area contributed by atoms with Crippen molar-refractivity contribution in [2.24, 2.45) is 0 Å². The van der Waals surface area contributed by atoms with Gasteiger partial charge < -0.3 is 9.97 Å². The Labute approximate surface area is 306 Å². The molecule has 2 nitrogen and oxygen atoms in total. The predicted octanol–water partition coefficient (Wildman–Crippen LogP) is 11.7. The van der Waals surface area contributed by atoms with E-state index in [-0.39, 0.29) is 20.1 Å². The summed E-state index contributed by atoms with van der Waals surface area (Å²) in [5.41, 5.74) is 11.4. The summed E-state index contributed by atoms with van der Waals surface area (Å²) in [4.78, 5) is 9.15. The van der Waals surface area contributed by atoms with Gasteiger partial charge in [-0.1, -0.05) is 92.5 Å². The second kappa shape index (κ2) is 14.8. The molecule has 0 saturated carbocycles. The van der Waals surface area contributed by atoms with Crippen LogP contribution in [0, 0.1) is 32.9 Å². The fourth-order valence-electron chi connectivity index (χ4n) is 6.15. The third-order valence-electron chi connectivity index (χ3n) is 8.61. The van der Waals surface area contributed by atoms with Crippen LogP contribution in [0.15, 0.2) is 103 Å². The molecule has 1 radical (unpaired) electrons. The summed E-state index contributed by atoms with van der Waals surface area (Å²) < 4.78 is 10.9. The van der Waals surface area contributed by atoms with Crippen LogP contribution in [0.3, 0.4) is 0 Å². The van der Waals surface area contributed by atoms with E-state index in [1.54, 1.807) is 11.3 Å². The standard InChI is InChI=1S/C29H26NS.C14H16NSi.Ir/c1-17(2)21-11-12-30-26(15-21)25-8-6-7-24-23-10-9-22(16-27(23)31-29(24)25)28-19(4)13-18(3)14-20(28)5;1-16(2,3)13-9-10-14(15-11-13)12-7-5-4-6-8-12;/h6-7,9-17H,1-5H3;4-7,9-11H,1-3H3;/q2*-1;/i17D;;. The van der Waals surface area contributed by atoms with E-state index in [0.717, 1.165) is 28.1 Å². The first-order chi connectivity index (χ1) is 22.8. The van der Waals surface area contributed by atoms with Gasteiger partial charge in [0.1, 0.15) is 0 Å². The molecule has 0 bridgehead atoms. The number of aryl methyl sites for hydroxylation is 3. The van der Waals surface area contributed by atoms with Gasteiger partial charge in [-0.2, -0.15) is 11.3 Å². The molecule has 0 N–H and O–H groups in total. The van der Waals surface area contributed by atoms with Gasteiger partial charge in [0.15, 0.2) is 0 Å². The molecule has 0 aliphatic rings. The van der Waals surface area contributed by atoms with Crippen molar-refractivity contribution in [1.82, 2.24) is 9.97 Å². The topological polar surface area (TPSA) is 25.8 Å². The Morgan fingerprint density at radius 2 is 1.54 bits per heavy atom. The first-order valence-corrected chi connectivity index (χ1v) is 20.5. The van der Waals surface area contributed by atoms with Crippen LogP contribution in [0.1, 0.15) is 43.4 Å². The Morgan fingerprint density at radius 1 is 0.771 bits per heavy atom. The van der Waals surface area contributed by atoms with Gasteiger partial charge in [-0.15, -0.1) is 59.7 Å². The van der Waals surface area contributed by atoms with Crippen molar-refractivity contribution in [3.05, 3.63) is 138 Å². The number of thiophene rings is 1. The van der Waals surface area contributed by atoms with Gasteiger partial charge in [0, 0.05) is 38.6 Å². The van der Waals surface area contributed by atoms with Gasteiger partial charge in [0.25, 0.3) is 0 Å². The zero-order chi connectivity index (χ0) is 34.2. The summed E-state index contributed by atoms with van der Waals surface area (Å²) in [6.45, 7) is 17.4. The summed E-state index contributed by atoms with van der Waals surface area (Å²) in [7, 11) is -1.23. The third-order valence-corrected chi connectivity index (χ3v) is 11.8. The molecule has 0 aliphatic heterocycles. The minimum atomic E-state index is -1.23. The molecule has 4 aromatic carbocycles. The summed E-state index contributed by atoms with van der Waals surface area (Å²) in [6, 6.07) is 38.3. The first-order valence-electron chi connectivity index (χ1n) is 16.7. The molecule has 0 fully saturated rings. The molecular formula is C43H42IrN2SSi-2. The molecular weight excluding hydrogens is 797 g/mol. The zero-order valence-electron chi connectivity index (χ0n) is 30.0. The number of fused-ring (bicyclic) bond motifs is 3. The summed E-state index contributed by atoms with van der Waals surface area (Å²) in [6.07, 6.45) is 3.82.